The molecule has 8 nitrogen and oxygen atoms in total. The lowest BCUT2D eigenvalue weighted by molar-refractivity contribution is -0.225. The molecule has 0 aliphatic carbocycles. The highest BCUT2D eigenvalue weighted by Crippen LogP contribution is 2.40. The molecule has 2 aromatic carbocycles. The molecule has 3 heterocycles. The van der Waals surface area contributed by atoms with Gasteiger partial charge in [-0.2, -0.15) is 13.2 Å². The van der Waals surface area contributed by atoms with Gasteiger partial charge >= 0.3 is 18.1 Å². The van der Waals surface area contributed by atoms with Crippen molar-refractivity contribution < 1.29 is 32.2 Å². The summed E-state index contributed by atoms with van der Waals surface area (Å²) in [6, 6.07) is 9.18. The number of halogens is 4. The van der Waals surface area contributed by atoms with E-state index in [1.54, 1.807) is 17.5 Å². The number of hydrogen-bond donors (Lipinski definition) is 3. The first-order valence-corrected chi connectivity index (χ1v) is 13.9. The van der Waals surface area contributed by atoms with Gasteiger partial charge in [0.25, 0.3) is 5.79 Å². The summed E-state index contributed by atoms with van der Waals surface area (Å²) in [5.74, 6) is -2.59. The second kappa shape index (κ2) is 11.3. The minimum atomic E-state index is -4.36. The van der Waals surface area contributed by atoms with E-state index in [4.69, 9.17) is 21.1 Å². The molecule has 2 aliphatic heterocycles. The summed E-state index contributed by atoms with van der Waals surface area (Å²) in [7, 11) is 0. The van der Waals surface area contributed by atoms with E-state index < -0.39 is 29.9 Å². The lowest BCUT2D eigenvalue weighted by Crippen LogP contribution is -2.43. The van der Waals surface area contributed by atoms with E-state index in [1.165, 1.54) is 0 Å². The van der Waals surface area contributed by atoms with E-state index >= 15 is 0 Å². The Bertz CT molecular complexity index is 1400. The van der Waals surface area contributed by atoms with Crippen LogP contribution in [-0.2, 0) is 37.8 Å². The van der Waals surface area contributed by atoms with Crippen LogP contribution in [0.2, 0.25) is 5.02 Å². The number of esters is 2. The maximum atomic E-state index is 12.8. The molecule has 1 atom stereocenters. The number of ether oxygens (including phenoxy) is 2. The predicted molar refractivity (Wildman–Crippen MR) is 145 cm³/mol. The quantitative estimate of drug-likeness (QED) is 0.316. The Morgan fingerprint density at radius 2 is 1.80 bits per heavy atom. The molecule has 13 heteroatoms. The number of fused-ring (bicyclic) bond motifs is 2. The van der Waals surface area contributed by atoms with Gasteiger partial charge in [0.15, 0.2) is 5.13 Å². The summed E-state index contributed by atoms with van der Waals surface area (Å²) in [6.45, 7) is 2.14. The Morgan fingerprint density at radius 3 is 2.48 bits per heavy atom. The molecule has 0 unspecified atom stereocenters. The zero-order chi connectivity index (χ0) is 28.5. The van der Waals surface area contributed by atoms with E-state index in [2.05, 4.69) is 20.9 Å². The fourth-order valence-corrected chi connectivity index (χ4v) is 5.64. The second-order valence-corrected chi connectivity index (χ2v) is 10.8. The van der Waals surface area contributed by atoms with Gasteiger partial charge in [0.05, 0.1) is 35.8 Å². The number of anilines is 2. The third-order valence-electron chi connectivity index (χ3n) is 6.73. The van der Waals surface area contributed by atoms with E-state index in [1.807, 2.05) is 24.3 Å². The number of nitrogens with one attached hydrogen (secondary N) is 3. The van der Waals surface area contributed by atoms with Crippen LogP contribution in [0.15, 0.2) is 41.8 Å². The van der Waals surface area contributed by atoms with Crippen LogP contribution in [0.1, 0.15) is 36.5 Å². The average Bonchev–Trinajstić information content (AvgIpc) is 3.23. The maximum Gasteiger partial charge on any atom is 0.408 e. The minimum absolute atomic E-state index is 0.0456. The van der Waals surface area contributed by atoms with Crippen molar-refractivity contribution in [3.63, 3.8) is 0 Å². The SMILES string of the molecule is C[C@@H](Nc1nc(-c2ccc(CNc3c(Cl)ccc4c3CCNCC43OC(=O)CCC(=O)O3)cc2)cs1)C(F)(F)F. The lowest BCUT2D eigenvalue weighted by Gasteiger charge is -2.32. The maximum absolute atomic E-state index is 12.8. The number of alkyl halides is 3. The molecular weight excluding hydrogens is 569 g/mol. The standard InChI is InChI=1S/C27H26ClF3N4O4S/c1-15(27(29,30)31)34-25-35-21(13-40-25)17-4-2-16(3-5-17)12-33-24-18-10-11-32-14-26(19(18)6-7-20(24)28)38-22(36)8-9-23(37)39-26/h2-7,13,15,32-33H,8-12,14H2,1H3,(H,34,35)/t15-/m1/s1. The monoisotopic (exact) mass is 594 g/mol. The van der Waals surface area contributed by atoms with Crippen LogP contribution >= 0.6 is 22.9 Å². The third kappa shape index (κ3) is 6.03. The van der Waals surface area contributed by atoms with E-state index in [0.29, 0.717) is 41.5 Å². The summed E-state index contributed by atoms with van der Waals surface area (Å²) in [5, 5.41) is 11.3. The molecule has 212 valence electrons. The molecule has 3 N–H and O–H groups in total. The Balaban J connectivity index is 1.33. The van der Waals surface area contributed by atoms with Crippen LogP contribution in [-0.4, -0.2) is 42.2 Å². The van der Waals surface area contributed by atoms with E-state index in [-0.39, 0.29) is 24.5 Å². The van der Waals surface area contributed by atoms with Crippen molar-refractivity contribution in [2.24, 2.45) is 0 Å². The van der Waals surface area contributed by atoms with Crippen molar-refractivity contribution >= 4 is 45.7 Å². The van der Waals surface area contributed by atoms with Gasteiger partial charge in [-0.3, -0.25) is 9.59 Å². The van der Waals surface area contributed by atoms with Gasteiger partial charge in [-0.25, -0.2) is 4.98 Å². The molecule has 0 radical (unpaired) electrons. The summed E-state index contributed by atoms with van der Waals surface area (Å²) in [4.78, 5) is 28.9. The summed E-state index contributed by atoms with van der Waals surface area (Å²) in [5.41, 5.74) is 4.26. The van der Waals surface area contributed by atoms with Gasteiger partial charge in [-0.1, -0.05) is 35.9 Å². The van der Waals surface area contributed by atoms with Crippen molar-refractivity contribution in [1.29, 1.82) is 0 Å². The molecule has 3 aromatic rings. The Morgan fingerprint density at radius 1 is 1.10 bits per heavy atom. The molecule has 5 rings (SSSR count). The van der Waals surface area contributed by atoms with Crippen molar-refractivity contribution in [3.05, 3.63) is 63.5 Å². The van der Waals surface area contributed by atoms with Gasteiger partial charge in [0, 0.05) is 23.1 Å². The van der Waals surface area contributed by atoms with Gasteiger partial charge in [0.1, 0.15) is 6.04 Å². The normalized spacial score (nSPS) is 17.7. The van der Waals surface area contributed by atoms with Crippen molar-refractivity contribution in [3.8, 4) is 11.3 Å². The molecule has 1 spiro atoms. The van der Waals surface area contributed by atoms with Crippen LogP contribution in [0, 0.1) is 0 Å². The summed E-state index contributed by atoms with van der Waals surface area (Å²) in [6.07, 6.45) is -3.89. The molecule has 1 aromatic heterocycles. The summed E-state index contributed by atoms with van der Waals surface area (Å²) >= 11 is 7.70. The van der Waals surface area contributed by atoms with Crippen LogP contribution < -0.4 is 16.0 Å². The van der Waals surface area contributed by atoms with Crippen LogP contribution in [0.25, 0.3) is 11.3 Å². The number of hydrogen-bond acceptors (Lipinski definition) is 9. The number of nitrogens with zero attached hydrogens (tertiary/aromatic N) is 1. The number of rotatable bonds is 6. The molecule has 1 saturated heterocycles. The predicted octanol–water partition coefficient (Wildman–Crippen LogP) is 5.62. The van der Waals surface area contributed by atoms with Crippen molar-refractivity contribution in [2.45, 2.75) is 50.7 Å². The number of benzene rings is 2. The summed E-state index contributed by atoms with van der Waals surface area (Å²) < 4.78 is 49.9. The molecule has 40 heavy (non-hydrogen) atoms. The number of aromatic nitrogens is 1. The second-order valence-electron chi connectivity index (χ2n) is 9.57. The van der Waals surface area contributed by atoms with Crippen LogP contribution in [0.3, 0.4) is 0 Å². The zero-order valence-electron chi connectivity index (χ0n) is 21.4. The molecule has 2 aliphatic rings. The van der Waals surface area contributed by atoms with Gasteiger partial charge < -0.3 is 25.4 Å². The molecule has 0 saturated carbocycles. The zero-order valence-corrected chi connectivity index (χ0v) is 22.9. The molecular formula is C27H26ClF3N4O4S. The average molecular weight is 595 g/mol. The highest BCUT2D eigenvalue weighted by Gasteiger charge is 2.46. The lowest BCUT2D eigenvalue weighted by atomic mass is 9.96. The van der Waals surface area contributed by atoms with Crippen molar-refractivity contribution in [2.75, 3.05) is 23.7 Å². The minimum Gasteiger partial charge on any atom is -0.416 e. The fourth-order valence-electron chi connectivity index (χ4n) is 4.59. The van der Waals surface area contributed by atoms with E-state index in [9.17, 15) is 22.8 Å². The van der Waals surface area contributed by atoms with Crippen LogP contribution in [0.4, 0.5) is 24.0 Å². The first-order chi connectivity index (χ1) is 19.0. The molecule has 0 amide bonds. The largest absolute Gasteiger partial charge is 0.416 e. The molecule has 1 fully saturated rings. The van der Waals surface area contributed by atoms with Gasteiger partial charge in [0.2, 0.25) is 0 Å². The van der Waals surface area contributed by atoms with Gasteiger partial charge in [-0.05, 0) is 43.1 Å². The van der Waals surface area contributed by atoms with Crippen LogP contribution in [0.5, 0.6) is 0 Å². The highest BCUT2D eigenvalue weighted by atomic mass is 35.5. The Kier molecular flexibility index (Phi) is 7.94. The number of carbonyl (C=O) groups excluding carboxylic acids is 2. The van der Waals surface area contributed by atoms with E-state index in [0.717, 1.165) is 35.0 Å². The number of thiazole rings is 1. The Hall–Kier alpha value is -3.35. The Labute approximate surface area is 237 Å². The molecule has 0 bridgehead atoms. The van der Waals surface area contributed by atoms with Crippen molar-refractivity contribution in [1.82, 2.24) is 10.3 Å². The van der Waals surface area contributed by atoms with Gasteiger partial charge in [-0.15, -0.1) is 11.3 Å². The first kappa shape index (κ1) is 28.2. The third-order valence-corrected chi connectivity index (χ3v) is 7.82. The highest BCUT2D eigenvalue weighted by molar-refractivity contribution is 7.14. The smallest absolute Gasteiger partial charge is 0.408 e. The topological polar surface area (TPSA) is 102 Å². The number of carbonyl (C=O) groups is 2. The first-order valence-electron chi connectivity index (χ1n) is 12.6. The fraction of sp³-hybridized carbons (Fsp3) is 0.370.